The van der Waals surface area contributed by atoms with Crippen molar-refractivity contribution in [1.82, 2.24) is 29.7 Å². The standard InChI is InChI=1S/C13H14N6O/c1-9-10(8-18(2)17-9)6-15-13(20)11-7-16-19-5-3-4-14-12(11)19/h3-5,7-8H,6H2,1-2H3,(H,15,20). The quantitative estimate of drug-likeness (QED) is 0.760. The van der Waals surface area contributed by atoms with Gasteiger partial charge in [-0.1, -0.05) is 0 Å². The van der Waals surface area contributed by atoms with Crippen molar-refractivity contribution in [2.24, 2.45) is 7.05 Å². The highest BCUT2D eigenvalue weighted by Gasteiger charge is 2.14. The molecule has 3 heterocycles. The SMILES string of the molecule is Cc1nn(C)cc1CNC(=O)c1cnn2cccnc12. The third-order valence-electron chi connectivity index (χ3n) is 3.08. The van der Waals surface area contributed by atoms with Crippen LogP contribution in [-0.2, 0) is 13.6 Å². The molecule has 7 heteroatoms. The molecule has 3 aromatic rings. The third kappa shape index (κ3) is 2.13. The highest BCUT2D eigenvalue weighted by molar-refractivity contribution is 5.99. The summed E-state index contributed by atoms with van der Waals surface area (Å²) in [7, 11) is 1.85. The number of nitrogens with one attached hydrogen (secondary N) is 1. The fourth-order valence-corrected chi connectivity index (χ4v) is 2.08. The zero-order chi connectivity index (χ0) is 14.1. The summed E-state index contributed by atoms with van der Waals surface area (Å²) in [6, 6.07) is 1.76. The average molecular weight is 270 g/mol. The Morgan fingerprint density at radius 1 is 1.45 bits per heavy atom. The summed E-state index contributed by atoms with van der Waals surface area (Å²) in [4.78, 5) is 16.3. The summed E-state index contributed by atoms with van der Waals surface area (Å²) in [5.41, 5.74) is 2.91. The fourth-order valence-electron chi connectivity index (χ4n) is 2.08. The molecule has 7 nitrogen and oxygen atoms in total. The minimum Gasteiger partial charge on any atom is -0.348 e. The van der Waals surface area contributed by atoms with Crippen molar-refractivity contribution in [1.29, 1.82) is 0 Å². The molecule has 0 spiro atoms. The van der Waals surface area contributed by atoms with Gasteiger partial charge in [0.2, 0.25) is 0 Å². The lowest BCUT2D eigenvalue weighted by molar-refractivity contribution is 0.0952. The van der Waals surface area contributed by atoms with Gasteiger partial charge in [0, 0.05) is 37.7 Å². The number of carbonyl (C=O) groups excluding carboxylic acids is 1. The van der Waals surface area contributed by atoms with Gasteiger partial charge in [-0.05, 0) is 13.0 Å². The average Bonchev–Trinajstić information content (AvgIpc) is 2.99. The largest absolute Gasteiger partial charge is 0.348 e. The highest BCUT2D eigenvalue weighted by Crippen LogP contribution is 2.08. The van der Waals surface area contributed by atoms with Crippen LogP contribution in [0.3, 0.4) is 0 Å². The van der Waals surface area contributed by atoms with Crippen LogP contribution >= 0.6 is 0 Å². The molecule has 3 aromatic heterocycles. The van der Waals surface area contributed by atoms with Crippen LogP contribution < -0.4 is 5.32 Å². The predicted octanol–water partition coefficient (Wildman–Crippen LogP) is 0.701. The van der Waals surface area contributed by atoms with Gasteiger partial charge in [0.15, 0.2) is 5.65 Å². The molecule has 20 heavy (non-hydrogen) atoms. The Morgan fingerprint density at radius 3 is 3.05 bits per heavy atom. The van der Waals surface area contributed by atoms with Gasteiger partial charge in [0.05, 0.1) is 11.9 Å². The van der Waals surface area contributed by atoms with Crippen LogP contribution in [0.5, 0.6) is 0 Å². The Hall–Kier alpha value is -2.70. The van der Waals surface area contributed by atoms with Crippen LogP contribution in [0, 0.1) is 6.92 Å². The summed E-state index contributed by atoms with van der Waals surface area (Å²) in [5.74, 6) is -0.193. The van der Waals surface area contributed by atoms with Crippen LogP contribution in [0.1, 0.15) is 21.6 Å². The van der Waals surface area contributed by atoms with Crippen LogP contribution in [-0.4, -0.2) is 30.3 Å². The smallest absolute Gasteiger partial charge is 0.257 e. The Bertz CT molecular complexity index is 772. The molecule has 0 saturated heterocycles. The van der Waals surface area contributed by atoms with Crippen molar-refractivity contribution in [2.45, 2.75) is 13.5 Å². The van der Waals surface area contributed by atoms with Gasteiger partial charge >= 0.3 is 0 Å². The van der Waals surface area contributed by atoms with Crippen LogP contribution in [0.15, 0.2) is 30.9 Å². The van der Waals surface area contributed by atoms with Crippen LogP contribution in [0.4, 0.5) is 0 Å². The van der Waals surface area contributed by atoms with E-state index in [2.05, 4.69) is 20.5 Å². The molecule has 0 bridgehead atoms. The second-order valence-electron chi connectivity index (χ2n) is 4.54. The predicted molar refractivity (Wildman–Crippen MR) is 72.1 cm³/mol. The van der Waals surface area contributed by atoms with E-state index in [1.54, 1.807) is 27.7 Å². The number of aromatic nitrogens is 5. The van der Waals surface area contributed by atoms with E-state index in [1.807, 2.05) is 20.2 Å². The molecular formula is C13H14N6O. The van der Waals surface area contributed by atoms with E-state index >= 15 is 0 Å². The Kier molecular flexibility index (Phi) is 2.94. The number of nitrogens with zero attached hydrogens (tertiary/aromatic N) is 5. The van der Waals surface area contributed by atoms with E-state index < -0.39 is 0 Å². The zero-order valence-corrected chi connectivity index (χ0v) is 11.2. The molecule has 0 fully saturated rings. The topological polar surface area (TPSA) is 77.1 Å². The number of hydrogen-bond acceptors (Lipinski definition) is 4. The van der Waals surface area contributed by atoms with Gasteiger partial charge in [-0.2, -0.15) is 10.2 Å². The van der Waals surface area contributed by atoms with Gasteiger partial charge < -0.3 is 5.32 Å². The Balaban J connectivity index is 1.78. The molecule has 0 aliphatic carbocycles. The van der Waals surface area contributed by atoms with Gasteiger partial charge in [0.25, 0.3) is 5.91 Å². The van der Waals surface area contributed by atoms with Crippen LogP contribution in [0.2, 0.25) is 0 Å². The summed E-state index contributed by atoms with van der Waals surface area (Å²) < 4.78 is 3.30. The number of rotatable bonds is 3. The molecule has 0 aliphatic heterocycles. The molecule has 0 aromatic carbocycles. The van der Waals surface area contributed by atoms with E-state index in [4.69, 9.17) is 0 Å². The normalized spacial score (nSPS) is 10.9. The number of aryl methyl sites for hydroxylation is 2. The fraction of sp³-hybridized carbons (Fsp3) is 0.231. The molecule has 1 amide bonds. The molecule has 0 radical (unpaired) electrons. The maximum atomic E-state index is 12.2. The van der Waals surface area contributed by atoms with Crippen LogP contribution in [0.25, 0.3) is 5.65 Å². The molecule has 0 unspecified atom stereocenters. The summed E-state index contributed by atoms with van der Waals surface area (Å²) >= 11 is 0. The minimum atomic E-state index is -0.193. The highest BCUT2D eigenvalue weighted by atomic mass is 16.1. The first-order valence-electron chi connectivity index (χ1n) is 6.21. The molecule has 0 saturated carbocycles. The second-order valence-corrected chi connectivity index (χ2v) is 4.54. The molecule has 0 atom stereocenters. The molecule has 1 N–H and O–H groups in total. The van der Waals surface area contributed by atoms with E-state index in [0.29, 0.717) is 17.8 Å². The van der Waals surface area contributed by atoms with Crippen molar-refractivity contribution in [3.8, 4) is 0 Å². The minimum absolute atomic E-state index is 0.193. The molecule has 102 valence electrons. The molecule has 0 aliphatic rings. The maximum absolute atomic E-state index is 12.2. The first kappa shape index (κ1) is 12.3. The first-order chi connectivity index (χ1) is 9.65. The lowest BCUT2D eigenvalue weighted by Gasteiger charge is -2.02. The van der Waals surface area contributed by atoms with Crippen molar-refractivity contribution < 1.29 is 4.79 Å². The summed E-state index contributed by atoms with van der Waals surface area (Å²) in [6.07, 6.45) is 6.81. The first-order valence-corrected chi connectivity index (χ1v) is 6.21. The van der Waals surface area contributed by atoms with E-state index in [9.17, 15) is 4.79 Å². The van der Waals surface area contributed by atoms with Crippen molar-refractivity contribution in [3.63, 3.8) is 0 Å². The number of amides is 1. The molecule has 3 rings (SSSR count). The van der Waals surface area contributed by atoms with E-state index in [0.717, 1.165) is 11.3 Å². The number of fused-ring (bicyclic) bond motifs is 1. The lowest BCUT2D eigenvalue weighted by Crippen LogP contribution is -2.23. The van der Waals surface area contributed by atoms with E-state index in [1.165, 1.54) is 6.20 Å². The van der Waals surface area contributed by atoms with Crippen molar-refractivity contribution in [3.05, 3.63) is 47.7 Å². The Labute approximate surface area is 115 Å². The molecular weight excluding hydrogens is 256 g/mol. The van der Waals surface area contributed by atoms with Gasteiger partial charge in [-0.3, -0.25) is 9.48 Å². The maximum Gasteiger partial charge on any atom is 0.257 e. The van der Waals surface area contributed by atoms with Gasteiger partial charge in [-0.15, -0.1) is 0 Å². The lowest BCUT2D eigenvalue weighted by atomic mass is 10.2. The van der Waals surface area contributed by atoms with Crippen molar-refractivity contribution >= 4 is 11.6 Å². The van der Waals surface area contributed by atoms with Gasteiger partial charge in [-0.25, -0.2) is 9.50 Å². The Morgan fingerprint density at radius 2 is 2.30 bits per heavy atom. The summed E-state index contributed by atoms with van der Waals surface area (Å²) in [5, 5.41) is 11.2. The van der Waals surface area contributed by atoms with Crippen molar-refractivity contribution in [2.75, 3.05) is 0 Å². The van der Waals surface area contributed by atoms with E-state index in [-0.39, 0.29) is 5.91 Å². The van der Waals surface area contributed by atoms with Gasteiger partial charge in [0.1, 0.15) is 5.56 Å². The zero-order valence-electron chi connectivity index (χ0n) is 11.2. The monoisotopic (exact) mass is 270 g/mol. The summed E-state index contributed by atoms with van der Waals surface area (Å²) in [6.45, 7) is 2.35. The number of hydrogen-bond donors (Lipinski definition) is 1. The third-order valence-corrected chi connectivity index (χ3v) is 3.08. The second kappa shape index (κ2) is 4.76. The number of carbonyl (C=O) groups is 1.